The number of anilines is 1. The molecule has 1 N–H and O–H groups in total. The zero-order chi connectivity index (χ0) is 25.6. The molecule has 2 atom stereocenters. The molecular weight excluding hydrogens is 457 g/mol. The monoisotopic (exact) mass is 491 g/mol. The molecule has 2 aromatic carbocycles. The number of nitrogens with one attached hydrogen (secondary N) is 1. The van der Waals surface area contributed by atoms with E-state index in [9.17, 15) is 22.4 Å². The van der Waals surface area contributed by atoms with Gasteiger partial charge in [0, 0.05) is 12.6 Å². The predicted molar refractivity (Wildman–Crippen MR) is 132 cm³/mol. The molecule has 34 heavy (non-hydrogen) atoms. The highest BCUT2D eigenvalue weighted by molar-refractivity contribution is 7.92. The van der Waals surface area contributed by atoms with Crippen LogP contribution in [0, 0.1) is 19.7 Å². The van der Waals surface area contributed by atoms with Gasteiger partial charge in [-0.05, 0) is 75.1 Å². The Morgan fingerprint density at radius 2 is 1.65 bits per heavy atom. The van der Waals surface area contributed by atoms with Crippen molar-refractivity contribution in [3.8, 4) is 0 Å². The van der Waals surface area contributed by atoms with Gasteiger partial charge in [0.1, 0.15) is 18.4 Å². The minimum absolute atomic E-state index is 0.0265. The van der Waals surface area contributed by atoms with Crippen molar-refractivity contribution in [1.29, 1.82) is 0 Å². The van der Waals surface area contributed by atoms with Crippen LogP contribution in [0.3, 0.4) is 0 Å². The van der Waals surface area contributed by atoms with Gasteiger partial charge >= 0.3 is 0 Å². The number of carbonyl (C=O) groups excluding carboxylic acids is 2. The molecule has 0 unspecified atom stereocenters. The molecule has 9 heteroatoms. The third-order valence-corrected chi connectivity index (χ3v) is 7.03. The van der Waals surface area contributed by atoms with Crippen molar-refractivity contribution in [1.82, 2.24) is 10.2 Å². The van der Waals surface area contributed by atoms with Gasteiger partial charge in [0.05, 0.1) is 11.9 Å². The Hall–Kier alpha value is -2.94. The third-order valence-electron chi connectivity index (χ3n) is 5.89. The van der Waals surface area contributed by atoms with Gasteiger partial charge in [-0.3, -0.25) is 13.9 Å². The number of rotatable bonds is 10. The molecular formula is C25H34FN3O4S. The summed E-state index contributed by atoms with van der Waals surface area (Å²) in [5.41, 5.74) is 2.88. The van der Waals surface area contributed by atoms with Crippen LogP contribution in [0.2, 0.25) is 0 Å². The van der Waals surface area contributed by atoms with E-state index in [2.05, 4.69) is 5.32 Å². The molecule has 0 fully saturated rings. The summed E-state index contributed by atoms with van der Waals surface area (Å²) in [6, 6.07) is 9.84. The highest BCUT2D eigenvalue weighted by atomic mass is 32.2. The topological polar surface area (TPSA) is 86.8 Å². The van der Waals surface area contributed by atoms with E-state index in [1.165, 1.54) is 29.2 Å². The first-order chi connectivity index (χ1) is 15.8. The SMILES string of the molecule is CC[C@@H](C)NC(=O)[C@@H](C)N(Cc1ccc(F)cc1)C(=O)CN(c1ccc(C)c(C)c1)S(C)(=O)=O. The van der Waals surface area contributed by atoms with Gasteiger partial charge < -0.3 is 10.2 Å². The van der Waals surface area contributed by atoms with Crippen LogP contribution in [0.15, 0.2) is 42.5 Å². The number of hydrogen-bond acceptors (Lipinski definition) is 4. The number of sulfonamides is 1. The Morgan fingerprint density at radius 3 is 2.18 bits per heavy atom. The summed E-state index contributed by atoms with van der Waals surface area (Å²) >= 11 is 0. The summed E-state index contributed by atoms with van der Waals surface area (Å²) in [6.45, 7) is 8.73. The Bertz CT molecular complexity index is 1120. The van der Waals surface area contributed by atoms with Crippen molar-refractivity contribution >= 4 is 27.5 Å². The third kappa shape index (κ3) is 7.28. The molecule has 0 aliphatic carbocycles. The molecule has 186 valence electrons. The lowest BCUT2D eigenvalue weighted by Gasteiger charge is -2.32. The summed E-state index contributed by atoms with van der Waals surface area (Å²) < 4.78 is 39.6. The average Bonchev–Trinajstić information content (AvgIpc) is 2.77. The van der Waals surface area contributed by atoms with Gasteiger partial charge in [0.25, 0.3) is 0 Å². The molecule has 0 radical (unpaired) electrons. The second-order valence-corrected chi connectivity index (χ2v) is 10.6. The van der Waals surface area contributed by atoms with E-state index in [1.807, 2.05) is 27.7 Å². The molecule has 0 bridgehead atoms. The van der Waals surface area contributed by atoms with Crippen LogP contribution in [0.1, 0.15) is 43.9 Å². The Balaban J connectivity index is 2.39. The van der Waals surface area contributed by atoms with Crippen LogP contribution in [-0.4, -0.2) is 50.0 Å². The number of amides is 2. The highest BCUT2D eigenvalue weighted by Crippen LogP contribution is 2.22. The summed E-state index contributed by atoms with van der Waals surface area (Å²) in [5.74, 6) is -1.30. The van der Waals surface area contributed by atoms with Gasteiger partial charge in [-0.15, -0.1) is 0 Å². The van der Waals surface area contributed by atoms with E-state index in [0.717, 1.165) is 28.1 Å². The molecule has 2 aromatic rings. The molecule has 0 aliphatic heterocycles. The summed E-state index contributed by atoms with van der Waals surface area (Å²) in [4.78, 5) is 27.6. The Kier molecular flexibility index (Phi) is 9.21. The quantitative estimate of drug-likeness (QED) is 0.551. The van der Waals surface area contributed by atoms with Crippen molar-refractivity contribution in [2.45, 2.75) is 59.7 Å². The summed E-state index contributed by atoms with van der Waals surface area (Å²) in [6.07, 6.45) is 1.76. The van der Waals surface area contributed by atoms with Gasteiger partial charge in [-0.25, -0.2) is 12.8 Å². The maximum atomic E-state index is 13.5. The zero-order valence-corrected chi connectivity index (χ0v) is 21.4. The van der Waals surface area contributed by atoms with Crippen LogP contribution >= 0.6 is 0 Å². The lowest BCUT2D eigenvalue weighted by atomic mass is 10.1. The molecule has 7 nitrogen and oxygen atoms in total. The molecule has 0 saturated carbocycles. The van der Waals surface area contributed by atoms with Gasteiger partial charge in [-0.2, -0.15) is 0 Å². The van der Waals surface area contributed by atoms with E-state index in [1.54, 1.807) is 25.1 Å². The second kappa shape index (κ2) is 11.5. The van der Waals surface area contributed by atoms with E-state index >= 15 is 0 Å². The lowest BCUT2D eigenvalue weighted by Crippen LogP contribution is -2.52. The number of hydrogen-bond donors (Lipinski definition) is 1. The second-order valence-electron chi connectivity index (χ2n) is 8.68. The van der Waals surface area contributed by atoms with Gasteiger partial charge in [-0.1, -0.05) is 25.1 Å². The standard InChI is InChI=1S/C25H34FN3O4S/c1-7-19(4)27-25(31)20(5)28(15-21-9-11-22(26)12-10-21)24(30)16-29(34(6,32)33)23-13-8-17(2)18(3)14-23/h8-14,19-20H,7,15-16H2,1-6H3,(H,27,31)/t19-,20-/m1/s1. The Labute approximate surface area is 202 Å². The number of nitrogens with zero attached hydrogens (tertiary/aromatic N) is 2. The number of aryl methyl sites for hydroxylation is 2. The first-order valence-electron chi connectivity index (χ1n) is 11.2. The lowest BCUT2D eigenvalue weighted by molar-refractivity contribution is -0.139. The minimum atomic E-state index is -3.79. The fraction of sp³-hybridized carbons (Fsp3) is 0.440. The highest BCUT2D eigenvalue weighted by Gasteiger charge is 2.30. The summed E-state index contributed by atoms with van der Waals surface area (Å²) in [7, 11) is -3.79. The fourth-order valence-electron chi connectivity index (χ4n) is 3.33. The maximum Gasteiger partial charge on any atom is 0.244 e. The minimum Gasteiger partial charge on any atom is -0.352 e. The molecule has 0 saturated heterocycles. The van der Waals surface area contributed by atoms with Gasteiger partial charge in [0.2, 0.25) is 21.8 Å². The van der Waals surface area contributed by atoms with Crippen molar-refractivity contribution in [3.63, 3.8) is 0 Å². The first-order valence-corrected chi connectivity index (χ1v) is 13.1. The van der Waals surface area contributed by atoms with Crippen molar-refractivity contribution in [2.75, 3.05) is 17.1 Å². The number of benzene rings is 2. The Morgan fingerprint density at radius 1 is 1.03 bits per heavy atom. The smallest absolute Gasteiger partial charge is 0.244 e. The van der Waals surface area contributed by atoms with Crippen LogP contribution in [0.25, 0.3) is 0 Å². The molecule has 0 aromatic heterocycles. The predicted octanol–water partition coefficient (Wildman–Crippen LogP) is 3.54. The van der Waals surface area contributed by atoms with Gasteiger partial charge in [0.15, 0.2) is 0 Å². The van der Waals surface area contributed by atoms with Crippen molar-refractivity contribution < 1.29 is 22.4 Å². The first kappa shape index (κ1) is 27.3. The van der Waals surface area contributed by atoms with Crippen LogP contribution in [0.5, 0.6) is 0 Å². The molecule has 0 heterocycles. The molecule has 0 spiro atoms. The normalized spacial score (nSPS) is 13.1. The summed E-state index contributed by atoms with van der Waals surface area (Å²) in [5, 5.41) is 2.86. The molecule has 2 rings (SSSR count). The van der Waals surface area contributed by atoms with E-state index in [4.69, 9.17) is 0 Å². The number of carbonyl (C=O) groups is 2. The molecule has 0 aliphatic rings. The molecule has 2 amide bonds. The van der Waals surface area contributed by atoms with Crippen molar-refractivity contribution in [2.24, 2.45) is 0 Å². The van der Waals surface area contributed by atoms with Crippen LogP contribution < -0.4 is 9.62 Å². The largest absolute Gasteiger partial charge is 0.352 e. The van der Waals surface area contributed by atoms with Crippen molar-refractivity contribution in [3.05, 3.63) is 65.0 Å². The van der Waals surface area contributed by atoms with E-state index < -0.39 is 34.3 Å². The van der Waals surface area contributed by atoms with Crippen LogP contribution in [-0.2, 0) is 26.2 Å². The van der Waals surface area contributed by atoms with Crippen LogP contribution in [0.4, 0.5) is 10.1 Å². The number of halogens is 1. The average molecular weight is 492 g/mol. The maximum absolute atomic E-state index is 13.5. The van der Waals surface area contributed by atoms with E-state index in [0.29, 0.717) is 11.3 Å². The fourth-order valence-corrected chi connectivity index (χ4v) is 4.17. The van der Waals surface area contributed by atoms with E-state index in [-0.39, 0.29) is 18.5 Å². The zero-order valence-electron chi connectivity index (χ0n) is 20.6.